The lowest BCUT2D eigenvalue weighted by Crippen LogP contribution is -2.53. The van der Waals surface area contributed by atoms with Gasteiger partial charge in [0.15, 0.2) is 0 Å². The van der Waals surface area contributed by atoms with Crippen molar-refractivity contribution < 1.29 is 0 Å². The second-order valence-electron chi connectivity index (χ2n) is 4.89. The third-order valence-corrected chi connectivity index (χ3v) is 6.18. The van der Waals surface area contributed by atoms with Crippen LogP contribution in [0, 0.1) is 11.8 Å². The van der Waals surface area contributed by atoms with Gasteiger partial charge < -0.3 is 0 Å². The van der Waals surface area contributed by atoms with Crippen molar-refractivity contribution in [2.45, 2.75) is 23.6 Å². The molecule has 0 nitrogen and oxygen atoms in total. The maximum Gasteiger partial charge on any atom is 0.106 e. The standard InChI is InChI=1S/C14H13BrCl2/c15-14(9-5-2-1-3-6-9)10-7-4-8-11(14)12(10)13(16)17/h1-3,5-6,10-11H,4,7-8H2/t10-,11+,14?. The van der Waals surface area contributed by atoms with Crippen molar-refractivity contribution in [2.24, 2.45) is 11.8 Å². The zero-order chi connectivity index (χ0) is 12.0. The van der Waals surface area contributed by atoms with Gasteiger partial charge in [-0.2, -0.15) is 0 Å². The number of rotatable bonds is 1. The van der Waals surface area contributed by atoms with Crippen molar-refractivity contribution in [2.75, 3.05) is 0 Å². The molecular weight excluding hydrogens is 319 g/mol. The number of allylic oxidation sites excluding steroid dienone is 1. The van der Waals surface area contributed by atoms with E-state index in [1.54, 1.807) is 0 Å². The van der Waals surface area contributed by atoms with E-state index in [4.69, 9.17) is 23.2 Å². The Kier molecular flexibility index (Phi) is 3.05. The van der Waals surface area contributed by atoms with Crippen molar-refractivity contribution >= 4 is 39.1 Å². The second kappa shape index (κ2) is 4.29. The van der Waals surface area contributed by atoms with Crippen molar-refractivity contribution in [3.05, 3.63) is 46.0 Å². The molecule has 1 aromatic rings. The molecule has 0 aliphatic heterocycles. The number of fused-ring (bicyclic) bond motifs is 2. The lowest BCUT2D eigenvalue weighted by molar-refractivity contribution is 0.141. The summed E-state index contributed by atoms with van der Waals surface area (Å²) in [5, 5.41) is 0. The Morgan fingerprint density at radius 2 is 1.71 bits per heavy atom. The largest absolute Gasteiger partial charge is 0.106 e. The van der Waals surface area contributed by atoms with Gasteiger partial charge in [0.2, 0.25) is 0 Å². The molecule has 0 N–H and O–H groups in total. The quantitative estimate of drug-likeness (QED) is 0.605. The van der Waals surface area contributed by atoms with Gasteiger partial charge in [-0.1, -0.05) is 75.9 Å². The topological polar surface area (TPSA) is 0 Å². The summed E-state index contributed by atoms with van der Waals surface area (Å²) in [6.07, 6.45) is 3.63. The predicted octanol–water partition coefficient (Wildman–Crippen LogP) is 5.40. The molecule has 90 valence electrons. The van der Waals surface area contributed by atoms with Crippen molar-refractivity contribution in [3.63, 3.8) is 0 Å². The summed E-state index contributed by atoms with van der Waals surface area (Å²) < 4.78 is 0.558. The molecule has 3 atom stereocenters. The minimum absolute atomic E-state index is 0.0663. The first-order valence-electron chi connectivity index (χ1n) is 5.95. The highest BCUT2D eigenvalue weighted by Gasteiger charge is 2.60. The van der Waals surface area contributed by atoms with Gasteiger partial charge in [0.1, 0.15) is 4.49 Å². The van der Waals surface area contributed by atoms with Crippen molar-refractivity contribution in [1.29, 1.82) is 0 Å². The Bertz CT molecular complexity index is 448. The van der Waals surface area contributed by atoms with Crippen LogP contribution in [-0.4, -0.2) is 0 Å². The van der Waals surface area contributed by atoms with Crippen LogP contribution in [0.15, 0.2) is 40.4 Å². The number of hydrogen-bond donors (Lipinski definition) is 0. The number of alkyl halides is 1. The summed E-state index contributed by atoms with van der Waals surface area (Å²) in [5.41, 5.74) is 2.62. The van der Waals surface area contributed by atoms with E-state index in [0.29, 0.717) is 16.3 Å². The van der Waals surface area contributed by atoms with Crippen LogP contribution in [0.5, 0.6) is 0 Å². The summed E-state index contributed by atoms with van der Waals surface area (Å²) in [5.74, 6) is 0.933. The SMILES string of the molecule is ClC(Cl)=C1[C@H]2CCC[C@@H]1C2(Br)c1ccccc1. The Labute approximate surface area is 120 Å². The zero-order valence-electron chi connectivity index (χ0n) is 9.30. The molecule has 0 radical (unpaired) electrons. The highest BCUT2D eigenvalue weighted by Crippen LogP contribution is 2.68. The minimum Gasteiger partial charge on any atom is -0.0788 e. The summed E-state index contributed by atoms with van der Waals surface area (Å²) in [6, 6.07) is 10.6. The van der Waals surface area contributed by atoms with E-state index in [2.05, 4.69) is 46.3 Å². The average molecular weight is 332 g/mol. The molecule has 0 spiro atoms. The van der Waals surface area contributed by atoms with Gasteiger partial charge >= 0.3 is 0 Å². The molecule has 1 unspecified atom stereocenters. The fraction of sp³-hybridized carbons (Fsp3) is 0.429. The Hall–Kier alpha value is 0.0200. The number of benzene rings is 1. The van der Waals surface area contributed by atoms with Crippen LogP contribution in [0.25, 0.3) is 0 Å². The molecule has 3 rings (SSSR count). The second-order valence-corrected chi connectivity index (χ2v) is 7.15. The summed E-state index contributed by atoms with van der Waals surface area (Å²) >= 11 is 16.0. The molecule has 0 heterocycles. The van der Waals surface area contributed by atoms with E-state index in [-0.39, 0.29) is 4.32 Å². The normalized spacial score (nSPS) is 35.4. The van der Waals surface area contributed by atoms with Gasteiger partial charge in [0, 0.05) is 11.8 Å². The monoisotopic (exact) mass is 330 g/mol. The Balaban J connectivity index is 2.04. The lowest BCUT2D eigenvalue weighted by atomic mass is 9.52. The molecule has 0 saturated heterocycles. The third-order valence-electron chi connectivity index (χ3n) is 4.19. The molecule has 2 fully saturated rings. The molecule has 3 heteroatoms. The molecule has 2 saturated carbocycles. The Morgan fingerprint density at radius 1 is 1.12 bits per heavy atom. The van der Waals surface area contributed by atoms with Gasteiger partial charge in [0.25, 0.3) is 0 Å². The van der Waals surface area contributed by atoms with Crippen LogP contribution in [0.4, 0.5) is 0 Å². The lowest BCUT2D eigenvalue weighted by Gasteiger charge is -2.59. The fourth-order valence-corrected chi connectivity index (χ4v) is 5.20. The summed E-state index contributed by atoms with van der Waals surface area (Å²) in [6.45, 7) is 0. The van der Waals surface area contributed by atoms with E-state index in [1.165, 1.54) is 30.4 Å². The van der Waals surface area contributed by atoms with Crippen LogP contribution < -0.4 is 0 Å². The molecule has 0 amide bonds. The van der Waals surface area contributed by atoms with E-state index in [1.807, 2.05) is 0 Å². The van der Waals surface area contributed by atoms with E-state index < -0.39 is 0 Å². The van der Waals surface area contributed by atoms with Crippen LogP contribution in [0.2, 0.25) is 0 Å². The smallest absolute Gasteiger partial charge is 0.0788 e. The average Bonchev–Trinajstić information content (AvgIpc) is 2.38. The first-order chi connectivity index (χ1) is 8.15. The summed E-state index contributed by atoms with van der Waals surface area (Å²) in [4.78, 5) is 0. The van der Waals surface area contributed by atoms with Crippen molar-refractivity contribution in [1.82, 2.24) is 0 Å². The number of hydrogen-bond acceptors (Lipinski definition) is 0. The summed E-state index contributed by atoms with van der Waals surface area (Å²) in [7, 11) is 0. The van der Waals surface area contributed by atoms with Gasteiger partial charge in [-0.15, -0.1) is 0 Å². The molecule has 17 heavy (non-hydrogen) atoms. The van der Waals surface area contributed by atoms with E-state index >= 15 is 0 Å². The minimum atomic E-state index is 0.0663. The molecule has 1 aromatic carbocycles. The molecule has 2 aliphatic rings. The highest BCUT2D eigenvalue weighted by molar-refractivity contribution is 9.09. The fourth-order valence-electron chi connectivity index (χ4n) is 3.46. The first-order valence-corrected chi connectivity index (χ1v) is 7.50. The number of halogens is 3. The van der Waals surface area contributed by atoms with Crippen LogP contribution in [0.3, 0.4) is 0 Å². The van der Waals surface area contributed by atoms with Gasteiger partial charge in [-0.25, -0.2) is 0 Å². The van der Waals surface area contributed by atoms with Crippen LogP contribution in [0.1, 0.15) is 24.8 Å². The van der Waals surface area contributed by atoms with E-state index in [9.17, 15) is 0 Å². The first kappa shape index (κ1) is 12.1. The zero-order valence-corrected chi connectivity index (χ0v) is 12.4. The van der Waals surface area contributed by atoms with Gasteiger partial charge in [-0.3, -0.25) is 0 Å². The van der Waals surface area contributed by atoms with E-state index in [0.717, 1.165) is 0 Å². The molecule has 2 aliphatic carbocycles. The predicted molar refractivity (Wildman–Crippen MR) is 76.6 cm³/mol. The van der Waals surface area contributed by atoms with Gasteiger partial charge in [0.05, 0.1) is 4.32 Å². The molecule has 0 aromatic heterocycles. The van der Waals surface area contributed by atoms with Crippen LogP contribution in [-0.2, 0) is 4.32 Å². The molecular formula is C14H13BrCl2. The third kappa shape index (κ3) is 1.63. The highest BCUT2D eigenvalue weighted by atomic mass is 79.9. The van der Waals surface area contributed by atoms with Crippen molar-refractivity contribution in [3.8, 4) is 0 Å². The maximum absolute atomic E-state index is 6.02. The van der Waals surface area contributed by atoms with Gasteiger partial charge in [-0.05, 0) is 24.0 Å². The molecule has 2 bridgehead atoms. The maximum atomic E-state index is 6.02. The Morgan fingerprint density at radius 3 is 2.24 bits per heavy atom. The van der Waals surface area contributed by atoms with Crippen LogP contribution >= 0.6 is 39.1 Å².